The predicted octanol–water partition coefficient (Wildman–Crippen LogP) is 2.59. The van der Waals surface area contributed by atoms with Crippen molar-refractivity contribution in [2.75, 3.05) is 6.54 Å². The zero-order valence-electron chi connectivity index (χ0n) is 17.7. The van der Waals surface area contributed by atoms with Crippen molar-refractivity contribution in [3.8, 4) is 0 Å². The number of aromatic nitrogens is 4. The summed E-state index contributed by atoms with van der Waals surface area (Å²) in [5, 5.41) is 13.2. The molecule has 0 saturated carbocycles. The van der Waals surface area contributed by atoms with Crippen LogP contribution < -0.4 is 0 Å². The fraction of sp³-hybridized carbons (Fsp3) is 0.600. The van der Waals surface area contributed by atoms with Gasteiger partial charge in [0.2, 0.25) is 6.10 Å². The SMILES string of the molecule is CCN(Cc1c(C)nn(CC)c1C)C(=O)C1CC(c2cn(CC)nc2C)=NO1. The minimum Gasteiger partial charge on any atom is -0.382 e. The monoisotopic (exact) mass is 386 g/mol. The van der Waals surface area contributed by atoms with Crippen molar-refractivity contribution in [2.24, 2.45) is 5.16 Å². The molecule has 2 aromatic heterocycles. The third-order valence-electron chi connectivity index (χ3n) is 5.40. The van der Waals surface area contributed by atoms with Crippen LogP contribution in [-0.4, -0.2) is 48.7 Å². The summed E-state index contributed by atoms with van der Waals surface area (Å²) in [7, 11) is 0. The van der Waals surface area contributed by atoms with Crippen molar-refractivity contribution in [3.05, 3.63) is 34.4 Å². The Morgan fingerprint density at radius 2 is 1.93 bits per heavy atom. The molecule has 3 rings (SSSR count). The highest BCUT2D eigenvalue weighted by molar-refractivity contribution is 6.04. The van der Waals surface area contributed by atoms with Crippen LogP contribution in [0.15, 0.2) is 11.4 Å². The van der Waals surface area contributed by atoms with Crippen LogP contribution in [0.2, 0.25) is 0 Å². The van der Waals surface area contributed by atoms with E-state index >= 15 is 0 Å². The fourth-order valence-corrected chi connectivity index (χ4v) is 3.64. The minimum atomic E-state index is -0.582. The molecular weight excluding hydrogens is 356 g/mol. The van der Waals surface area contributed by atoms with Crippen molar-refractivity contribution < 1.29 is 9.63 Å². The largest absolute Gasteiger partial charge is 0.382 e. The summed E-state index contributed by atoms with van der Waals surface area (Å²) in [5.41, 5.74) is 5.84. The third-order valence-corrected chi connectivity index (χ3v) is 5.40. The zero-order chi connectivity index (χ0) is 20.4. The van der Waals surface area contributed by atoms with Crippen LogP contribution in [0.25, 0.3) is 0 Å². The van der Waals surface area contributed by atoms with Gasteiger partial charge in [0.15, 0.2) is 0 Å². The van der Waals surface area contributed by atoms with Crippen LogP contribution in [0.4, 0.5) is 0 Å². The van der Waals surface area contributed by atoms with E-state index < -0.39 is 6.10 Å². The molecule has 0 spiro atoms. The van der Waals surface area contributed by atoms with Gasteiger partial charge in [-0.05, 0) is 41.5 Å². The van der Waals surface area contributed by atoms with Gasteiger partial charge < -0.3 is 9.74 Å². The van der Waals surface area contributed by atoms with Crippen LogP contribution in [0.5, 0.6) is 0 Å². The zero-order valence-corrected chi connectivity index (χ0v) is 17.7. The highest BCUT2D eigenvalue weighted by Crippen LogP contribution is 2.22. The lowest BCUT2D eigenvalue weighted by Crippen LogP contribution is -2.39. The van der Waals surface area contributed by atoms with E-state index in [9.17, 15) is 4.79 Å². The number of amides is 1. The van der Waals surface area contributed by atoms with Crippen LogP contribution in [0.1, 0.15) is 55.4 Å². The van der Waals surface area contributed by atoms with Gasteiger partial charge in [-0.15, -0.1) is 0 Å². The van der Waals surface area contributed by atoms with Gasteiger partial charge in [0.05, 0.1) is 17.1 Å². The van der Waals surface area contributed by atoms with Crippen LogP contribution in [-0.2, 0) is 29.3 Å². The molecule has 0 bridgehead atoms. The highest BCUT2D eigenvalue weighted by Gasteiger charge is 2.33. The Hall–Kier alpha value is -2.64. The first-order valence-corrected chi connectivity index (χ1v) is 9.98. The maximum Gasteiger partial charge on any atom is 0.267 e. The first-order chi connectivity index (χ1) is 13.4. The first kappa shape index (κ1) is 20.1. The summed E-state index contributed by atoms with van der Waals surface area (Å²) in [4.78, 5) is 20.4. The Morgan fingerprint density at radius 3 is 2.50 bits per heavy atom. The maximum absolute atomic E-state index is 13.1. The van der Waals surface area contributed by atoms with E-state index in [0.29, 0.717) is 19.5 Å². The molecule has 0 N–H and O–H groups in total. The number of hydrogen-bond donors (Lipinski definition) is 0. The van der Waals surface area contributed by atoms with Gasteiger partial charge in [-0.2, -0.15) is 10.2 Å². The molecule has 3 heterocycles. The van der Waals surface area contributed by atoms with Gasteiger partial charge in [-0.1, -0.05) is 5.16 Å². The lowest BCUT2D eigenvalue weighted by atomic mass is 10.0. The Balaban J connectivity index is 1.71. The minimum absolute atomic E-state index is 0.0372. The molecule has 28 heavy (non-hydrogen) atoms. The average Bonchev–Trinajstić information content (AvgIpc) is 3.38. The lowest BCUT2D eigenvalue weighted by molar-refractivity contribution is -0.142. The van der Waals surface area contributed by atoms with E-state index in [-0.39, 0.29) is 5.91 Å². The number of carbonyl (C=O) groups is 1. The summed E-state index contributed by atoms with van der Waals surface area (Å²) in [6, 6.07) is 0. The first-order valence-electron chi connectivity index (χ1n) is 9.98. The Kier molecular flexibility index (Phi) is 5.86. The number of aryl methyl sites for hydroxylation is 4. The molecule has 8 nitrogen and oxygen atoms in total. The van der Waals surface area contributed by atoms with Crippen molar-refractivity contribution >= 4 is 11.6 Å². The second-order valence-electron chi connectivity index (χ2n) is 7.14. The summed E-state index contributed by atoms with van der Waals surface area (Å²) in [5.74, 6) is -0.0372. The van der Waals surface area contributed by atoms with Crippen molar-refractivity contribution in [1.29, 1.82) is 0 Å². The predicted molar refractivity (Wildman–Crippen MR) is 107 cm³/mol. The molecule has 1 aliphatic heterocycles. The summed E-state index contributed by atoms with van der Waals surface area (Å²) in [6.45, 7) is 14.9. The molecule has 1 amide bonds. The Bertz CT molecular complexity index is 895. The summed E-state index contributed by atoms with van der Waals surface area (Å²) >= 11 is 0. The average molecular weight is 387 g/mol. The summed E-state index contributed by atoms with van der Waals surface area (Å²) in [6.07, 6.45) is 1.85. The molecule has 0 radical (unpaired) electrons. The number of nitrogens with zero attached hydrogens (tertiary/aromatic N) is 6. The molecule has 8 heteroatoms. The van der Waals surface area contributed by atoms with Crippen molar-refractivity contribution in [3.63, 3.8) is 0 Å². The third kappa shape index (κ3) is 3.68. The van der Waals surface area contributed by atoms with E-state index in [4.69, 9.17) is 4.84 Å². The quantitative estimate of drug-likeness (QED) is 0.733. The molecule has 0 fully saturated rings. The number of carbonyl (C=O) groups excluding carboxylic acids is 1. The van der Waals surface area contributed by atoms with Gasteiger partial charge in [-0.25, -0.2) is 0 Å². The normalized spacial score (nSPS) is 16.2. The molecule has 0 saturated heterocycles. The topological polar surface area (TPSA) is 77.5 Å². The van der Waals surface area contributed by atoms with E-state index in [1.807, 2.05) is 48.2 Å². The Labute approximate surface area is 166 Å². The lowest BCUT2D eigenvalue weighted by Gasteiger charge is -2.23. The second-order valence-corrected chi connectivity index (χ2v) is 7.14. The smallest absolute Gasteiger partial charge is 0.267 e. The number of hydrogen-bond acceptors (Lipinski definition) is 5. The second kappa shape index (κ2) is 8.16. The van der Waals surface area contributed by atoms with Crippen LogP contribution in [0, 0.1) is 20.8 Å². The number of likely N-dealkylation sites (N-methyl/N-ethyl adjacent to an activating group) is 1. The van der Waals surface area contributed by atoms with Crippen molar-refractivity contribution in [1.82, 2.24) is 24.5 Å². The molecule has 152 valence electrons. The molecule has 1 aliphatic rings. The standard InChI is InChI=1S/C20H30N6O2/c1-7-24(11-16-13(4)22-26(9-3)15(16)6)20(27)19-10-18(23-28-19)17-12-25(8-2)21-14(17)5/h12,19H,7-11H2,1-6H3. The molecule has 1 unspecified atom stereocenters. The fourth-order valence-electron chi connectivity index (χ4n) is 3.64. The highest BCUT2D eigenvalue weighted by atomic mass is 16.6. The Morgan fingerprint density at radius 1 is 1.18 bits per heavy atom. The maximum atomic E-state index is 13.1. The van der Waals surface area contributed by atoms with E-state index in [0.717, 1.165) is 47.0 Å². The molecular formula is C20H30N6O2. The van der Waals surface area contributed by atoms with Gasteiger partial charge in [0.25, 0.3) is 5.91 Å². The van der Waals surface area contributed by atoms with E-state index in [1.54, 1.807) is 0 Å². The van der Waals surface area contributed by atoms with Gasteiger partial charge >= 0.3 is 0 Å². The van der Waals surface area contributed by atoms with Crippen LogP contribution >= 0.6 is 0 Å². The number of rotatable bonds is 7. The number of oxime groups is 1. The van der Waals surface area contributed by atoms with Crippen LogP contribution in [0.3, 0.4) is 0 Å². The molecule has 1 atom stereocenters. The van der Waals surface area contributed by atoms with Gasteiger partial charge in [0, 0.05) is 55.6 Å². The van der Waals surface area contributed by atoms with E-state index in [1.165, 1.54) is 0 Å². The van der Waals surface area contributed by atoms with Gasteiger partial charge in [0.1, 0.15) is 0 Å². The molecule has 0 aliphatic carbocycles. The van der Waals surface area contributed by atoms with Crippen molar-refractivity contribution in [2.45, 2.75) is 73.7 Å². The molecule has 0 aromatic carbocycles. The summed E-state index contributed by atoms with van der Waals surface area (Å²) < 4.78 is 3.85. The molecule has 2 aromatic rings. The van der Waals surface area contributed by atoms with Gasteiger partial charge in [-0.3, -0.25) is 14.2 Å². The van der Waals surface area contributed by atoms with E-state index in [2.05, 4.69) is 29.2 Å².